The molecule has 2 nitrogen and oxygen atoms in total. The molecule has 0 bridgehead atoms. The second kappa shape index (κ2) is 6.16. The predicted octanol–water partition coefficient (Wildman–Crippen LogP) is 2.45. The van der Waals surface area contributed by atoms with E-state index < -0.39 is 0 Å². The van der Waals surface area contributed by atoms with Crippen molar-refractivity contribution in [3.8, 4) is 0 Å². The van der Waals surface area contributed by atoms with Gasteiger partial charge in [0.25, 0.3) is 0 Å². The molecule has 0 N–H and O–H groups in total. The second-order valence-electron chi connectivity index (χ2n) is 1.86. The zero-order chi connectivity index (χ0) is 7.98. The van der Waals surface area contributed by atoms with Gasteiger partial charge in [-0.2, -0.15) is 0 Å². The lowest BCUT2D eigenvalue weighted by Crippen LogP contribution is -2.00. The summed E-state index contributed by atoms with van der Waals surface area (Å²) >= 11 is 6.62. The van der Waals surface area contributed by atoms with Gasteiger partial charge in [0.1, 0.15) is 0 Å². The van der Waals surface area contributed by atoms with Gasteiger partial charge in [-0.3, -0.25) is 4.79 Å². The molecule has 0 saturated heterocycles. The van der Waals surface area contributed by atoms with E-state index in [1.165, 1.54) is 7.11 Å². The Morgan fingerprint density at radius 1 is 1.60 bits per heavy atom. The number of esters is 1. The van der Waals surface area contributed by atoms with Crippen molar-refractivity contribution in [2.45, 2.75) is 23.0 Å². The number of carbonyl (C=O) groups excluding carboxylic acids is 1. The van der Waals surface area contributed by atoms with Crippen molar-refractivity contribution in [2.24, 2.45) is 0 Å². The molecule has 0 aromatic heterocycles. The molecule has 0 aliphatic rings. The quantitative estimate of drug-likeness (QED) is 0.581. The number of hydrogen-bond donors (Lipinski definition) is 0. The van der Waals surface area contributed by atoms with Crippen LogP contribution in [0.15, 0.2) is 0 Å². The highest BCUT2D eigenvalue weighted by Gasteiger charge is 2.01. The lowest BCUT2D eigenvalue weighted by atomic mass is 10.2. The zero-order valence-corrected chi connectivity index (χ0v) is 8.94. The molecule has 0 atom stereocenters. The van der Waals surface area contributed by atoms with Gasteiger partial charge in [-0.1, -0.05) is 31.9 Å². The summed E-state index contributed by atoms with van der Waals surface area (Å²) in [4.78, 5) is 10.5. The van der Waals surface area contributed by atoms with Crippen LogP contribution in [-0.4, -0.2) is 16.8 Å². The van der Waals surface area contributed by atoms with Crippen LogP contribution in [0.5, 0.6) is 0 Å². The number of hydrogen-bond acceptors (Lipinski definition) is 2. The van der Waals surface area contributed by atoms with Crippen molar-refractivity contribution in [1.82, 2.24) is 0 Å². The Balaban J connectivity index is 3.12. The summed E-state index contributed by atoms with van der Waals surface area (Å²) in [6.07, 6.45) is 2.30. The molecule has 0 aliphatic heterocycles. The minimum atomic E-state index is -0.138. The molecule has 0 spiro atoms. The summed E-state index contributed by atoms with van der Waals surface area (Å²) in [5.41, 5.74) is 0. The minimum absolute atomic E-state index is 0.138. The largest absolute Gasteiger partial charge is 0.469 e. The SMILES string of the molecule is COC(=O)CCCC(Br)Br. The first-order chi connectivity index (χ1) is 4.66. The standard InChI is InChI=1S/C6H10Br2O2/c1-10-6(9)4-2-3-5(7)8/h5H,2-4H2,1H3. The molecule has 0 unspecified atom stereocenters. The van der Waals surface area contributed by atoms with Crippen molar-refractivity contribution in [3.63, 3.8) is 0 Å². The van der Waals surface area contributed by atoms with E-state index in [4.69, 9.17) is 0 Å². The summed E-state index contributed by atoms with van der Waals surface area (Å²) in [5, 5.41) is 0. The van der Waals surface area contributed by atoms with Gasteiger partial charge >= 0.3 is 5.97 Å². The van der Waals surface area contributed by atoms with Crippen molar-refractivity contribution >= 4 is 37.8 Å². The molecule has 0 radical (unpaired) electrons. The van der Waals surface area contributed by atoms with E-state index in [2.05, 4.69) is 36.6 Å². The lowest BCUT2D eigenvalue weighted by molar-refractivity contribution is -0.140. The Kier molecular flexibility index (Phi) is 6.43. The maximum Gasteiger partial charge on any atom is 0.305 e. The Bertz CT molecular complexity index is 104. The third kappa shape index (κ3) is 6.55. The predicted molar refractivity (Wildman–Crippen MR) is 47.5 cm³/mol. The molecule has 0 amide bonds. The van der Waals surface area contributed by atoms with Crippen molar-refractivity contribution < 1.29 is 9.53 Å². The van der Waals surface area contributed by atoms with E-state index in [1.54, 1.807) is 0 Å². The smallest absolute Gasteiger partial charge is 0.305 e. The van der Waals surface area contributed by atoms with Crippen LogP contribution in [0.3, 0.4) is 0 Å². The topological polar surface area (TPSA) is 26.3 Å². The van der Waals surface area contributed by atoms with Gasteiger partial charge in [-0.05, 0) is 12.8 Å². The number of rotatable bonds is 4. The third-order valence-corrected chi connectivity index (χ3v) is 1.95. The van der Waals surface area contributed by atoms with E-state index in [0.29, 0.717) is 10.2 Å². The number of halogens is 2. The fourth-order valence-electron chi connectivity index (χ4n) is 0.503. The van der Waals surface area contributed by atoms with Gasteiger partial charge in [0.2, 0.25) is 0 Å². The molecule has 0 aromatic carbocycles. The zero-order valence-electron chi connectivity index (χ0n) is 5.77. The average Bonchev–Trinajstić information content (AvgIpc) is 1.87. The van der Waals surface area contributed by atoms with E-state index in [1.807, 2.05) is 0 Å². The monoisotopic (exact) mass is 272 g/mol. The first kappa shape index (κ1) is 10.4. The summed E-state index contributed by atoms with van der Waals surface area (Å²) in [7, 11) is 1.40. The van der Waals surface area contributed by atoms with Gasteiger partial charge < -0.3 is 4.74 Å². The van der Waals surface area contributed by atoms with E-state index in [9.17, 15) is 4.79 Å². The first-order valence-electron chi connectivity index (χ1n) is 3.01. The molecule has 10 heavy (non-hydrogen) atoms. The van der Waals surface area contributed by atoms with Crippen LogP contribution < -0.4 is 0 Å². The summed E-state index contributed by atoms with van der Waals surface area (Å²) in [6.45, 7) is 0. The van der Waals surface area contributed by atoms with Gasteiger partial charge in [0, 0.05) is 6.42 Å². The second-order valence-corrected chi connectivity index (χ2v) is 5.30. The fourth-order valence-corrected chi connectivity index (χ4v) is 1.15. The molecule has 0 heterocycles. The van der Waals surface area contributed by atoms with Crippen LogP contribution in [0.25, 0.3) is 0 Å². The minimum Gasteiger partial charge on any atom is -0.469 e. The third-order valence-electron chi connectivity index (χ3n) is 1.03. The van der Waals surface area contributed by atoms with Crippen molar-refractivity contribution in [3.05, 3.63) is 0 Å². The van der Waals surface area contributed by atoms with Crippen LogP contribution in [0.4, 0.5) is 0 Å². The van der Waals surface area contributed by atoms with E-state index in [0.717, 1.165) is 12.8 Å². The lowest BCUT2D eigenvalue weighted by Gasteiger charge is -1.99. The highest BCUT2D eigenvalue weighted by Crippen LogP contribution is 2.15. The average molecular weight is 274 g/mol. The van der Waals surface area contributed by atoms with Gasteiger partial charge in [0.15, 0.2) is 0 Å². The number of methoxy groups -OCH3 is 1. The fraction of sp³-hybridized carbons (Fsp3) is 0.833. The molecule has 0 fully saturated rings. The van der Waals surface area contributed by atoms with Crippen LogP contribution in [-0.2, 0) is 9.53 Å². The number of carbonyl (C=O) groups is 1. The Morgan fingerprint density at radius 3 is 2.60 bits per heavy atom. The summed E-state index contributed by atoms with van der Waals surface area (Å²) in [5.74, 6) is -0.138. The molecular weight excluding hydrogens is 264 g/mol. The Morgan fingerprint density at radius 2 is 2.20 bits per heavy atom. The van der Waals surface area contributed by atoms with E-state index in [-0.39, 0.29) is 5.97 Å². The van der Waals surface area contributed by atoms with Gasteiger partial charge in [0.05, 0.1) is 10.8 Å². The van der Waals surface area contributed by atoms with E-state index >= 15 is 0 Å². The summed E-state index contributed by atoms with van der Waals surface area (Å²) in [6, 6.07) is 0. The Labute approximate surface area is 77.6 Å². The van der Waals surface area contributed by atoms with Gasteiger partial charge in [-0.15, -0.1) is 0 Å². The van der Waals surface area contributed by atoms with Gasteiger partial charge in [-0.25, -0.2) is 0 Å². The highest BCUT2D eigenvalue weighted by molar-refractivity contribution is 9.24. The number of alkyl halides is 2. The molecule has 4 heteroatoms. The highest BCUT2D eigenvalue weighted by atomic mass is 79.9. The first-order valence-corrected chi connectivity index (χ1v) is 4.85. The van der Waals surface area contributed by atoms with Crippen LogP contribution in [0, 0.1) is 0 Å². The maximum atomic E-state index is 10.5. The maximum absolute atomic E-state index is 10.5. The van der Waals surface area contributed by atoms with Crippen LogP contribution in [0.2, 0.25) is 0 Å². The molecule has 0 aliphatic carbocycles. The summed E-state index contributed by atoms with van der Waals surface area (Å²) < 4.78 is 4.77. The van der Waals surface area contributed by atoms with Crippen LogP contribution >= 0.6 is 31.9 Å². The molecule has 0 rings (SSSR count). The van der Waals surface area contributed by atoms with Crippen molar-refractivity contribution in [1.29, 1.82) is 0 Å². The molecule has 0 saturated carbocycles. The molecule has 60 valence electrons. The number of ether oxygens (including phenoxy) is 1. The normalized spacial score (nSPS) is 10.0. The molecular formula is C6H10Br2O2. The van der Waals surface area contributed by atoms with Crippen LogP contribution in [0.1, 0.15) is 19.3 Å². The van der Waals surface area contributed by atoms with Crippen molar-refractivity contribution in [2.75, 3.05) is 7.11 Å². The molecule has 0 aromatic rings. The Hall–Kier alpha value is 0.430.